The lowest BCUT2D eigenvalue weighted by atomic mass is 9.57. The van der Waals surface area contributed by atoms with Crippen LogP contribution in [-0.2, 0) is 4.74 Å². The van der Waals surface area contributed by atoms with Crippen LogP contribution in [0.2, 0.25) is 0 Å². The minimum absolute atomic E-state index is 0.477. The van der Waals surface area contributed by atoms with E-state index in [4.69, 9.17) is 4.74 Å². The fourth-order valence-corrected chi connectivity index (χ4v) is 4.29. The Balaban J connectivity index is 1.84. The summed E-state index contributed by atoms with van der Waals surface area (Å²) in [5, 5.41) is 3.73. The van der Waals surface area contributed by atoms with E-state index in [9.17, 15) is 0 Å². The zero-order valence-electron chi connectivity index (χ0n) is 13.9. The molecule has 2 rings (SSSR count). The lowest BCUT2D eigenvalue weighted by Gasteiger charge is -2.56. The molecule has 0 aliphatic heterocycles. The van der Waals surface area contributed by atoms with Gasteiger partial charge in [-0.15, -0.1) is 0 Å². The van der Waals surface area contributed by atoms with Crippen LogP contribution in [0.25, 0.3) is 0 Å². The van der Waals surface area contributed by atoms with Gasteiger partial charge >= 0.3 is 0 Å². The summed E-state index contributed by atoms with van der Waals surface area (Å²) in [6, 6.07) is 0.723. The van der Waals surface area contributed by atoms with Crippen molar-refractivity contribution < 1.29 is 4.74 Å². The second-order valence-electron chi connectivity index (χ2n) is 7.39. The Labute approximate surface area is 126 Å². The summed E-state index contributed by atoms with van der Waals surface area (Å²) < 4.78 is 6.31. The van der Waals surface area contributed by atoms with Gasteiger partial charge in [0, 0.05) is 18.1 Å². The van der Waals surface area contributed by atoms with Gasteiger partial charge in [0.15, 0.2) is 0 Å². The second-order valence-corrected chi connectivity index (χ2v) is 7.39. The molecule has 0 heterocycles. The highest BCUT2D eigenvalue weighted by atomic mass is 16.5. The Hall–Kier alpha value is -0.0800. The van der Waals surface area contributed by atoms with Crippen molar-refractivity contribution in [3.05, 3.63) is 0 Å². The highest BCUT2D eigenvalue weighted by Crippen LogP contribution is 2.52. The fraction of sp³-hybridized carbons (Fsp3) is 1.00. The largest absolute Gasteiger partial charge is 0.378 e. The van der Waals surface area contributed by atoms with Crippen molar-refractivity contribution in [2.45, 2.75) is 90.7 Å². The standard InChI is InChI=1S/C18H35NO/c1-4-19-16-14-17(20-13-9-10-15(2)3)18(16)11-7-5-6-8-12-18/h15-17,19H,4-14H2,1-3H3. The maximum atomic E-state index is 6.31. The molecule has 1 spiro atoms. The van der Waals surface area contributed by atoms with Gasteiger partial charge in [0.1, 0.15) is 0 Å². The van der Waals surface area contributed by atoms with Crippen molar-refractivity contribution in [3.8, 4) is 0 Å². The van der Waals surface area contributed by atoms with Gasteiger partial charge < -0.3 is 10.1 Å². The van der Waals surface area contributed by atoms with Crippen LogP contribution in [0.3, 0.4) is 0 Å². The molecule has 0 saturated heterocycles. The quantitative estimate of drug-likeness (QED) is 0.692. The Morgan fingerprint density at radius 1 is 1.15 bits per heavy atom. The highest BCUT2D eigenvalue weighted by molar-refractivity contribution is 5.08. The molecule has 2 unspecified atom stereocenters. The normalized spacial score (nSPS) is 29.4. The van der Waals surface area contributed by atoms with Crippen LogP contribution in [0.4, 0.5) is 0 Å². The number of nitrogens with one attached hydrogen (secondary N) is 1. The molecule has 2 fully saturated rings. The lowest BCUT2D eigenvalue weighted by Crippen LogP contribution is -2.63. The average Bonchev–Trinajstić information content (AvgIpc) is 2.68. The Morgan fingerprint density at radius 3 is 2.45 bits per heavy atom. The van der Waals surface area contributed by atoms with Crippen molar-refractivity contribution in [2.24, 2.45) is 11.3 Å². The summed E-state index contributed by atoms with van der Waals surface area (Å²) in [6.45, 7) is 8.92. The van der Waals surface area contributed by atoms with E-state index < -0.39 is 0 Å². The van der Waals surface area contributed by atoms with Crippen LogP contribution < -0.4 is 5.32 Å². The van der Waals surface area contributed by atoms with Gasteiger partial charge in [-0.3, -0.25) is 0 Å². The van der Waals surface area contributed by atoms with Crippen molar-refractivity contribution in [1.82, 2.24) is 5.32 Å². The maximum Gasteiger partial charge on any atom is 0.0661 e. The zero-order chi connectivity index (χ0) is 14.4. The van der Waals surface area contributed by atoms with Gasteiger partial charge in [0.05, 0.1) is 6.10 Å². The summed E-state index contributed by atoms with van der Waals surface area (Å²) in [6.07, 6.45) is 12.8. The number of hydrogen-bond acceptors (Lipinski definition) is 2. The number of hydrogen-bond donors (Lipinski definition) is 1. The topological polar surface area (TPSA) is 21.3 Å². The summed E-state index contributed by atoms with van der Waals surface area (Å²) in [4.78, 5) is 0. The van der Waals surface area contributed by atoms with E-state index in [2.05, 4.69) is 26.1 Å². The zero-order valence-corrected chi connectivity index (χ0v) is 13.9. The minimum atomic E-state index is 0.477. The molecule has 2 atom stereocenters. The molecule has 2 saturated carbocycles. The highest BCUT2D eigenvalue weighted by Gasteiger charge is 2.54. The molecule has 0 aromatic carbocycles. The predicted molar refractivity (Wildman–Crippen MR) is 86.0 cm³/mol. The van der Waals surface area contributed by atoms with E-state index >= 15 is 0 Å². The van der Waals surface area contributed by atoms with E-state index in [-0.39, 0.29) is 0 Å². The van der Waals surface area contributed by atoms with Crippen LogP contribution in [0.15, 0.2) is 0 Å². The summed E-state index contributed by atoms with van der Waals surface area (Å²) in [7, 11) is 0. The van der Waals surface area contributed by atoms with Gasteiger partial charge in [-0.1, -0.05) is 46.5 Å². The first kappa shape index (κ1) is 16.3. The predicted octanol–water partition coefficient (Wildman–Crippen LogP) is 4.53. The Bertz CT molecular complexity index is 269. The molecule has 0 radical (unpaired) electrons. The third kappa shape index (κ3) is 3.76. The SMILES string of the molecule is CCNC1CC(OCCCC(C)C)C12CCCCCC2. The lowest BCUT2D eigenvalue weighted by molar-refractivity contribution is -0.144. The molecular formula is C18H35NO. The molecule has 0 amide bonds. The van der Waals surface area contributed by atoms with E-state index in [1.807, 2.05) is 0 Å². The van der Waals surface area contributed by atoms with E-state index in [0.717, 1.165) is 25.1 Å². The summed E-state index contributed by atoms with van der Waals surface area (Å²) in [5.41, 5.74) is 0.477. The molecule has 20 heavy (non-hydrogen) atoms. The van der Waals surface area contributed by atoms with E-state index in [1.165, 1.54) is 57.8 Å². The first-order valence-corrected chi connectivity index (χ1v) is 9.04. The molecule has 2 nitrogen and oxygen atoms in total. The van der Waals surface area contributed by atoms with E-state index in [1.54, 1.807) is 0 Å². The molecule has 2 heteroatoms. The summed E-state index contributed by atoms with van der Waals surface area (Å²) >= 11 is 0. The molecule has 2 aliphatic carbocycles. The van der Waals surface area contributed by atoms with Crippen molar-refractivity contribution >= 4 is 0 Å². The van der Waals surface area contributed by atoms with Gasteiger partial charge in [0.2, 0.25) is 0 Å². The molecule has 0 aromatic rings. The Kier molecular flexibility index (Phi) is 6.35. The molecule has 1 N–H and O–H groups in total. The maximum absolute atomic E-state index is 6.31. The minimum Gasteiger partial charge on any atom is -0.378 e. The second kappa shape index (κ2) is 7.79. The van der Waals surface area contributed by atoms with Gasteiger partial charge in [-0.05, 0) is 44.6 Å². The van der Waals surface area contributed by atoms with Crippen LogP contribution in [0.1, 0.15) is 78.6 Å². The molecule has 2 aliphatic rings. The van der Waals surface area contributed by atoms with Crippen molar-refractivity contribution in [1.29, 1.82) is 0 Å². The van der Waals surface area contributed by atoms with Crippen molar-refractivity contribution in [3.63, 3.8) is 0 Å². The molecular weight excluding hydrogens is 246 g/mol. The Morgan fingerprint density at radius 2 is 1.85 bits per heavy atom. The molecule has 118 valence electrons. The third-order valence-electron chi connectivity index (χ3n) is 5.51. The number of ether oxygens (including phenoxy) is 1. The van der Waals surface area contributed by atoms with Crippen molar-refractivity contribution in [2.75, 3.05) is 13.2 Å². The number of rotatable bonds is 7. The average molecular weight is 281 g/mol. The van der Waals surface area contributed by atoms with E-state index in [0.29, 0.717) is 11.5 Å². The smallest absolute Gasteiger partial charge is 0.0661 e. The first-order valence-electron chi connectivity index (χ1n) is 9.04. The molecule has 0 aromatic heterocycles. The van der Waals surface area contributed by atoms with Gasteiger partial charge in [-0.2, -0.15) is 0 Å². The fourth-order valence-electron chi connectivity index (χ4n) is 4.29. The summed E-state index contributed by atoms with van der Waals surface area (Å²) in [5.74, 6) is 0.807. The first-order chi connectivity index (χ1) is 9.69. The van der Waals surface area contributed by atoms with Crippen LogP contribution in [0.5, 0.6) is 0 Å². The van der Waals surface area contributed by atoms with Gasteiger partial charge in [0.25, 0.3) is 0 Å². The van der Waals surface area contributed by atoms with Gasteiger partial charge in [-0.25, -0.2) is 0 Å². The third-order valence-corrected chi connectivity index (χ3v) is 5.51. The monoisotopic (exact) mass is 281 g/mol. The van der Waals surface area contributed by atoms with Crippen LogP contribution in [0, 0.1) is 11.3 Å². The molecule has 0 bridgehead atoms. The van der Waals surface area contributed by atoms with Crippen LogP contribution >= 0.6 is 0 Å². The van der Waals surface area contributed by atoms with Crippen LogP contribution in [-0.4, -0.2) is 25.3 Å².